The van der Waals surface area contributed by atoms with E-state index >= 15 is 0 Å². The minimum absolute atomic E-state index is 0.665. The van der Waals surface area contributed by atoms with Crippen molar-refractivity contribution in [3.05, 3.63) is 61.2 Å². The third-order valence-corrected chi connectivity index (χ3v) is 2.96. The number of ether oxygens (including phenoxy) is 1. The van der Waals surface area contributed by atoms with Crippen LogP contribution in [0.1, 0.15) is 24.8 Å². The fraction of sp³-hybridized carbons (Fsp3) is 0.333. The topological polar surface area (TPSA) is 21.3 Å². The summed E-state index contributed by atoms with van der Waals surface area (Å²) in [4.78, 5) is 0. The van der Waals surface area contributed by atoms with Crippen molar-refractivity contribution in [3.63, 3.8) is 0 Å². The van der Waals surface area contributed by atoms with Gasteiger partial charge in [-0.2, -0.15) is 0 Å². The average Bonchev–Trinajstić information content (AvgIpc) is 2.47. The highest BCUT2D eigenvalue weighted by Crippen LogP contribution is 2.29. The monoisotopic (exact) mass is 271 g/mol. The molecule has 0 bridgehead atoms. The highest BCUT2D eigenvalue weighted by atomic mass is 16.5. The summed E-state index contributed by atoms with van der Waals surface area (Å²) < 4.78 is 5.85. The molecule has 0 amide bonds. The lowest BCUT2D eigenvalue weighted by atomic mass is 10.0. The van der Waals surface area contributed by atoms with E-state index in [1.807, 2.05) is 37.4 Å². The molecule has 2 nitrogen and oxygen atoms in total. The average molecular weight is 271 g/mol. The van der Waals surface area contributed by atoms with Crippen molar-refractivity contribution in [2.75, 3.05) is 20.2 Å². The van der Waals surface area contributed by atoms with E-state index in [0.717, 1.165) is 37.1 Å². The molecule has 0 aliphatic carbocycles. The molecule has 0 aliphatic heterocycles. The number of benzene rings is 1. The Morgan fingerprint density at radius 2 is 2.00 bits per heavy atom. The van der Waals surface area contributed by atoms with Crippen LogP contribution in [0.15, 0.2) is 55.7 Å². The molecule has 0 saturated carbocycles. The second-order valence-electron chi connectivity index (χ2n) is 4.54. The van der Waals surface area contributed by atoms with Gasteiger partial charge in [0, 0.05) is 5.56 Å². The Hall–Kier alpha value is -1.80. The van der Waals surface area contributed by atoms with Crippen LogP contribution in [0.2, 0.25) is 0 Å². The molecule has 1 aromatic rings. The fourth-order valence-electron chi connectivity index (χ4n) is 1.96. The van der Waals surface area contributed by atoms with Crippen LogP contribution in [0, 0.1) is 0 Å². The first-order chi connectivity index (χ1) is 9.83. The van der Waals surface area contributed by atoms with Gasteiger partial charge >= 0.3 is 0 Å². The van der Waals surface area contributed by atoms with Gasteiger partial charge in [-0.3, -0.25) is 0 Å². The normalized spacial score (nSPS) is 11.2. The summed E-state index contributed by atoms with van der Waals surface area (Å²) in [6, 6.07) is 8.18. The van der Waals surface area contributed by atoms with Gasteiger partial charge in [0.1, 0.15) is 5.75 Å². The van der Waals surface area contributed by atoms with Crippen molar-refractivity contribution in [2.24, 2.45) is 0 Å². The number of hydrogen-bond donors (Lipinski definition) is 1. The zero-order valence-electron chi connectivity index (χ0n) is 12.4. The molecule has 1 rings (SSSR count). The van der Waals surface area contributed by atoms with Crippen LogP contribution in [0.3, 0.4) is 0 Å². The van der Waals surface area contributed by atoms with Crippen LogP contribution in [0.5, 0.6) is 5.75 Å². The lowest BCUT2D eigenvalue weighted by Crippen LogP contribution is -2.06. The third-order valence-electron chi connectivity index (χ3n) is 2.96. The maximum atomic E-state index is 5.85. The minimum atomic E-state index is 0.665. The van der Waals surface area contributed by atoms with Crippen LogP contribution in [0.25, 0.3) is 5.57 Å². The van der Waals surface area contributed by atoms with Gasteiger partial charge in [0.2, 0.25) is 0 Å². The van der Waals surface area contributed by atoms with Gasteiger partial charge in [-0.25, -0.2) is 0 Å². The Morgan fingerprint density at radius 3 is 2.70 bits per heavy atom. The molecule has 2 heteroatoms. The maximum Gasteiger partial charge on any atom is 0.126 e. The second kappa shape index (κ2) is 10.0. The molecular weight excluding hydrogens is 246 g/mol. The van der Waals surface area contributed by atoms with Gasteiger partial charge in [0.05, 0.1) is 6.61 Å². The molecule has 0 spiro atoms. The second-order valence-corrected chi connectivity index (χ2v) is 4.54. The molecule has 0 aromatic heterocycles. The molecule has 0 fully saturated rings. The largest absolute Gasteiger partial charge is 0.493 e. The van der Waals surface area contributed by atoms with Crippen molar-refractivity contribution in [3.8, 4) is 5.75 Å². The van der Waals surface area contributed by atoms with Crippen LogP contribution >= 0.6 is 0 Å². The molecule has 1 aromatic carbocycles. The van der Waals surface area contributed by atoms with Crippen LogP contribution in [-0.4, -0.2) is 20.2 Å². The summed E-state index contributed by atoms with van der Waals surface area (Å²) >= 11 is 0. The highest BCUT2D eigenvalue weighted by Gasteiger charge is 2.07. The summed E-state index contributed by atoms with van der Waals surface area (Å²) in [6.45, 7) is 9.20. The first-order valence-electron chi connectivity index (χ1n) is 7.11. The fourth-order valence-corrected chi connectivity index (χ4v) is 1.96. The molecule has 108 valence electrons. The van der Waals surface area contributed by atoms with Crippen molar-refractivity contribution in [1.29, 1.82) is 0 Å². The van der Waals surface area contributed by atoms with Crippen molar-refractivity contribution >= 4 is 5.57 Å². The van der Waals surface area contributed by atoms with E-state index in [-0.39, 0.29) is 0 Å². The summed E-state index contributed by atoms with van der Waals surface area (Å²) in [5, 5.41) is 3.16. The SMILES string of the molecule is C=CCCOc1ccccc1/C(=C\CCNC)CC=C. The molecular formula is C18H25NO. The zero-order valence-corrected chi connectivity index (χ0v) is 12.4. The van der Waals surface area contributed by atoms with Crippen molar-refractivity contribution in [1.82, 2.24) is 5.32 Å². The first kappa shape index (κ1) is 16.3. The van der Waals surface area contributed by atoms with E-state index in [0.29, 0.717) is 6.61 Å². The van der Waals surface area contributed by atoms with E-state index in [2.05, 4.69) is 30.6 Å². The predicted molar refractivity (Wildman–Crippen MR) is 88.1 cm³/mol. The van der Waals surface area contributed by atoms with E-state index in [1.54, 1.807) is 0 Å². The summed E-state index contributed by atoms with van der Waals surface area (Å²) in [6.07, 6.45) is 8.77. The maximum absolute atomic E-state index is 5.85. The Bertz CT molecular complexity index is 448. The predicted octanol–water partition coefficient (Wildman–Crippen LogP) is 4.21. The van der Waals surface area contributed by atoms with E-state index in [1.165, 1.54) is 5.57 Å². The smallest absolute Gasteiger partial charge is 0.126 e. The zero-order chi connectivity index (χ0) is 14.6. The van der Waals surface area contributed by atoms with E-state index < -0.39 is 0 Å². The lowest BCUT2D eigenvalue weighted by Gasteiger charge is -2.13. The van der Waals surface area contributed by atoms with Crippen LogP contribution in [0.4, 0.5) is 0 Å². The van der Waals surface area contributed by atoms with Gasteiger partial charge in [0.25, 0.3) is 0 Å². The quantitative estimate of drug-likeness (QED) is 0.508. The van der Waals surface area contributed by atoms with Gasteiger partial charge in [-0.1, -0.05) is 36.4 Å². The Morgan fingerprint density at radius 1 is 1.20 bits per heavy atom. The standard InChI is InChI=1S/C18H25NO/c1-4-6-15-20-18-13-8-7-12-17(18)16(10-5-2)11-9-14-19-3/h4-5,7-8,11-13,19H,1-2,6,9-10,14-15H2,3H3/b16-11-. The van der Waals surface area contributed by atoms with Crippen molar-refractivity contribution < 1.29 is 4.74 Å². The van der Waals surface area contributed by atoms with Gasteiger partial charge in [-0.05, 0) is 44.5 Å². The Balaban J connectivity index is 2.90. The van der Waals surface area contributed by atoms with Crippen LogP contribution in [-0.2, 0) is 0 Å². The van der Waals surface area contributed by atoms with Gasteiger partial charge in [-0.15, -0.1) is 13.2 Å². The van der Waals surface area contributed by atoms with Crippen molar-refractivity contribution in [2.45, 2.75) is 19.3 Å². The molecule has 0 heterocycles. The Labute approximate surface area is 122 Å². The molecule has 20 heavy (non-hydrogen) atoms. The lowest BCUT2D eigenvalue weighted by molar-refractivity contribution is 0.324. The number of nitrogens with one attached hydrogen (secondary N) is 1. The van der Waals surface area contributed by atoms with Gasteiger partial charge < -0.3 is 10.1 Å². The molecule has 0 radical (unpaired) electrons. The number of rotatable bonds is 10. The Kier molecular flexibility index (Phi) is 8.16. The van der Waals surface area contributed by atoms with E-state index in [4.69, 9.17) is 4.74 Å². The number of hydrogen-bond acceptors (Lipinski definition) is 2. The molecule has 0 atom stereocenters. The summed E-state index contributed by atoms with van der Waals surface area (Å²) in [5.74, 6) is 0.937. The highest BCUT2D eigenvalue weighted by molar-refractivity contribution is 5.71. The molecule has 0 aliphatic rings. The summed E-state index contributed by atoms with van der Waals surface area (Å²) in [7, 11) is 1.97. The van der Waals surface area contributed by atoms with Gasteiger partial charge in [0.15, 0.2) is 0 Å². The number of para-hydroxylation sites is 1. The molecule has 1 N–H and O–H groups in total. The molecule has 0 saturated heterocycles. The minimum Gasteiger partial charge on any atom is -0.493 e. The van der Waals surface area contributed by atoms with E-state index in [9.17, 15) is 0 Å². The van der Waals surface area contributed by atoms with Crippen LogP contribution < -0.4 is 10.1 Å². The number of allylic oxidation sites excluding steroid dienone is 2. The third kappa shape index (κ3) is 5.45. The molecule has 0 unspecified atom stereocenters. The first-order valence-corrected chi connectivity index (χ1v) is 7.11. The summed E-state index contributed by atoms with van der Waals surface area (Å²) in [5.41, 5.74) is 2.43.